The van der Waals surface area contributed by atoms with E-state index < -0.39 is 0 Å². The molecule has 1 aliphatic carbocycles. The molecule has 0 aromatic carbocycles. The van der Waals surface area contributed by atoms with Gasteiger partial charge in [0.25, 0.3) is 0 Å². The van der Waals surface area contributed by atoms with Gasteiger partial charge in [-0.3, -0.25) is 4.98 Å². The third kappa shape index (κ3) is 2.43. The van der Waals surface area contributed by atoms with Gasteiger partial charge in [0, 0.05) is 19.6 Å². The fraction of sp³-hybridized carbons (Fsp3) is 0.667. The number of hydrogen-bond donors (Lipinski definition) is 1. The SMILES string of the molecule is CCNc1cncc(N(C)C(C)C2CC2)n1. The first-order chi connectivity index (χ1) is 7.72. The van der Waals surface area contributed by atoms with Gasteiger partial charge in [0.15, 0.2) is 0 Å². The van der Waals surface area contributed by atoms with E-state index in [4.69, 9.17) is 0 Å². The Balaban J connectivity index is 2.09. The Labute approximate surface area is 97.1 Å². The van der Waals surface area contributed by atoms with Crippen molar-refractivity contribution < 1.29 is 0 Å². The minimum Gasteiger partial charge on any atom is -0.369 e. The van der Waals surface area contributed by atoms with Crippen LogP contribution in [0.1, 0.15) is 26.7 Å². The van der Waals surface area contributed by atoms with Crippen molar-refractivity contribution in [3.63, 3.8) is 0 Å². The molecule has 1 atom stereocenters. The van der Waals surface area contributed by atoms with Crippen LogP contribution in [0.4, 0.5) is 11.6 Å². The zero-order valence-electron chi connectivity index (χ0n) is 10.3. The molecule has 0 bridgehead atoms. The lowest BCUT2D eigenvalue weighted by molar-refractivity contribution is 0.603. The number of anilines is 2. The summed E-state index contributed by atoms with van der Waals surface area (Å²) in [5.41, 5.74) is 0. The Morgan fingerprint density at radius 2 is 2.25 bits per heavy atom. The topological polar surface area (TPSA) is 41.1 Å². The van der Waals surface area contributed by atoms with Crippen LogP contribution >= 0.6 is 0 Å². The van der Waals surface area contributed by atoms with Crippen LogP contribution in [0.15, 0.2) is 12.4 Å². The lowest BCUT2D eigenvalue weighted by atomic mass is 10.2. The van der Waals surface area contributed by atoms with Crippen molar-refractivity contribution in [2.24, 2.45) is 5.92 Å². The molecule has 0 spiro atoms. The predicted molar refractivity (Wildman–Crippen MR) is 66.8 cm³/mol. The first-order valence-electron chi connectivity index (χ1n) is 6.01. The van der Waals surface area contributed by atoms with Crippen molar-refractivity contribution in [2.45, 2.75) is 32.7 Å². The fourth-order valence-electron chi connectivity index (χ4n) is 1.90. The quantitative estimate of drug-likeness (QED) is 0.825. The summed E-state index contributed by atoms with van der Waals surface area (Å²) in [4.78, 5) is 11.0. The minimum absolute atomic E-state index is 0.561. The van der Waals surface area contributed by atoms with Gasteiger partial charge in [-0.2, -0.15) is 0 Å². The number of nitrogens with one attached hydrogen (secondary N) is 1. The fourth-order valence-corrected chi connectivity index (χ4v) is 1.90. The summed E-state index contributed by atoms with van der Waals surface area (Å²) in [6, 6.07) is 0.561. The molecule has 1 heterocycles. The molecule has 0 saturated heterocycles. The van der Waals surface area contributed by atoms with E-state index in [9.17, 15) is 0 Å². The molecule has 1 N–H and O–H groups in total. The van der Waals surface area contributed by atoms with Crippen LogP contribution < -0.4 is 10.2 Å². The Kier molecular flexibility index (Phi) is 3.27. The molecule has 1 aromatic rings. The standard InChI is InChI=1S/C12H20N4/c1-4-14-11-7-13-8-12(15-11)16(3)9(2)10-5-6-10/h7-10H,4-6H2,1-3H3,(H,14,15). The maximum absolute atomic E-state index is 4.55. The van der Waals surface area contributed by atoms with Crippen molar-refractivity contribution in [3.05, 3.63) is 12.4 Å². The average molecular weight is 220 g/mol. The monoisotopic (exact) mass is 220 g/mol. The van der Waals surface area contributed by atoms with Crippen LogP contribution in [0, 0.1) is 5.92 Å². The van der Waals surface area contributed by atoms with Gasteiger partial charge < -0.3 is 10.2 Å². The number of aromatic nitrogens is 2. The minimum atomic E-state index is 0.561. The van der Waals surface area contributed by atoms with Gasteiger partial charge in [0.2, 0.25) is 0 Å². The maximum atomic E-state index is 4.55. The van der Waals surface area contributed by atoms with Crippen molar-refractivity contribution in [2.75, 3.05) is 23.8 Å². The first-order valence-corrected chi connectivity index (χ1v) is 6.01. The summed E-state index contributed by atoms with van der Waals surface area (Å²) >= 11 is 0. The van der Waals surface area contributed by atoms with Gasteiger partial charge >= 0.3 is 0 Å². The molecule has 1 fully saturated rings. The third-order valence-corrected chi connectivity index (χ3v) is 3.26. The average Bonchev–Trinajstić information content (AvgIpc) is 3.12. The second-order valence-electron chi connectivity index (χ2n) is 4.48. The summed E-state index contributed by atoms with van der Waals surface area (Å²) in [6.07, 6.45) is 6.31. The van der Waals surface area contributed by atoms with Crippen molar-refractivity contribution >= 4 is 11.6 Å². The Morgan fingerprint density at radius 3 is 2.88 bits per heavy atom. The van der Waals surface area contributed by atoms with Crippen LogP contribution in [0.3, 0.4) is 0 Å². The predicted octanol–water partition coefficient (Wildman–Crippen LogP) is 2.14. The van der Waals surface area contributed by atoms with Crippen LogP contribution in [0.5, 0.6) is 0 Å². The summed E-state index contributed by atoms with van der Waals surface area (Å²) < 4.78 is 0. The molecule has 1 saturated carbocycles. The molecule has 1 aromatic heterocycles. The molecule has 0 amide bonds. The van der Waals surface area contributed by atoms with E-state index in [0.717, 1.165) is 24.1 Å². The normalized spacial score (nSPS) is 16.9. The van der Waals surface area contributed by atoms with Gasteiger partial charge in [-0.05, 0) is 32.6 Å². The smallest absolute Gasteiger partial charge is 0.149 e. The van der Waals surface area contributed by atoms with Crippen molar-refractivity contribution in [3.8, 4) is 0 Å². The molecule has 0 radical (unpaired) electrons. The van der Waals surface area contributed by atoms with Gasteiger partial charge in [-0.15, -0.1) is 0 Å². The number of rotatable bonds is 5. The molecule has 4 heteroatoms. The van der Waals surface area contributed by atoms with E-state index in [-0.39, 0.29) is 0 Å². The molecule has 0 aliphatic heterocycles. The van der Waals surface area contributed by atoms with Crippen LogP contribution in [0.25, 0.3) is 0 Å². The second-order valence-corrected chi connectivity index (χ2v) is 4.48. The summed E-state index contributed by atoms with van der Waals surface area (Å²) in [6.45, 7) is 5.20. The lowest BCUT2D eigenvalue weighted by Crippen LogP contribution is -2.31. The summed E-state index contributed by atoms with van der Waals surface area (Å²) in [5.74, 6) is 2.65. The highest BCUT2D eigenvalue weighted by atomic mass is 15.2. The summed E-state index contributed by atoms with van der Waals surface area (Å²) in [5, 5.41) is 3.19. The largest absolute Gasteiger partial charge is 0.369 e. The van der Waals surface area contributed by atoms with Crippen LogP contribution in [0.2, 0.25) is 0 Å². The van der Waals surface area contributed by atoms with E-state index >= 15 is 0 Å². The zero-order valence-corrected chi connectivity index (χ0v) is 10.3. The molecule has 1 unspecified atom stereocenters. The highest BCUT2D eigenvalue weighted by Gasteiger charge is 2.31. The molecule has 88 valence electrons. The molecule has 2 rings (SSSR count). The van der Waals surface area contributed by atoms with E-state index in [0.29, 0.717) is 6.04 Å². The van der Waals surface area contributed by atoms with Crippen molar-refractivity contribution in [1.29, 1.82) is 0 Å². The lowest BCUT2D eigenvalue weighted by Gasteiger charge is -2.25. The second kappa shape index (κ2) is 4.68. The van der Waals surface area contributed by atoms with Gasteiger partial charge in [0.05, 0.1) is 12.4 Å². The van der Waals surface area contributed by atoms with Gasteiger partial charge in [0.1, 0.15) is 11.6 Å². The molecule has 4 nitrogen and oxygen atoms in total. The zero-order chi connectivity index (χ0) is 11.5. The van der Waals surface area contributed by atoms with Gasteiger partial charge in [-0.25, -0.2) is 4.98 Å². The van der Waals surface area contributed by atoms with Crippen molar-refractivity contribution in [1.82, 2.24) is 9.97 Å². The van der Waals surface area contributed by atoms with Gasteiger partial charge in [-0.1, -0.05) is 0 Å². The number of hydrogen-bond acceptors (Lipinski definition) is 4. The summed E-state index contributed by atoms with van der Waals surface area (Å²) in [7, 11) is 2.10. The van der Waals surface area contributed by atoms with E-state index in [1.807, 2.05) is 6.20 Å². The first kappa shape index (κ1) is 11.2. The Bertz CT molecular complexity index is 349. The number of nitrogens with zero attached hydrogens (tertiary/aromatic N) is 3. The van der Waals surface area contributed by atoms with E-state index in [2.05, 4.69) is 41.1 Å². The van der Waals surface area contributed by atoms with Crippen LogP contribution in [-0.4, -0.2) is 29.6 Å². The van der Waals surface area contributed by atoms with E-state index in [1.54, 1.807) is 6.20 Å². The molecule has 16 heavy (non-hydrogen) atoms. The highest BCUT2D eigenvalue weighted by Crippen LogP contribution is 2.35. The Morgan fingerprint density at radius 1 is 1.50 bits per heavy atom. The highest BCUT2D eigenvalue weighted by molar-refractivity contribution is 5.44. The maximum Gasteiger partial charge on any atom is 0.149 e. The molecular weight excluding hydrogens is 200 g/mol. The van der Waals surface area contributed by atoms with E-state index in [1.165, 1.54) is 12.8 Å². The van der Waals surface area contributed by atoms with Crippen LogP contribution in [-0.2, 0) is 0 Å². The Hall–Kier alpha value is -1.32. The third-order valence-electron chi connectivity index (χ3n) is 3.26. The molecule has 1 aliphatic rings. The molecular formula is C12H20N4.